The predicted molar refractivity (Wildman–Crippen MR) is 57.7 cm³/mol. The van der Waals surface area contributed by atoms with Crippen molar-refractivity contribution in [3.8, 4) is 0 Å². The molecule has 72 valence electrons. The molecule has 0 saturated heterocycles. The predicted octanol–water partition coefficient (Wildman–Crippen LogP) is 2.36. The lowest BCUT2D eigenvalue weighted by Gasteiger charge is -2.15. The molecule has 3 N–H and O–H groups in total. The highest BCUT2D eigenvalue weighted by Crippen LogP contribution is 2.15. The third kappa shape index (κ3) is 2.74. The van der Waals surface area contributed by atoms with Crippen molar-refractivity contribution in [1.82, 2.24) is 0 Å². The number of benzene rings is 1. The van der Waals surface area contributed by atoms with E-state index in [0.29, 0.717) is 12.6 Å². The van der Waals surface area contributed by atoms with Crippen LogP contribution in [0.1, 0.15) is 25.8 Å². The summed E-state index contributed by atoms with van der Waals surface area (Å²) in [4.78, 5) is 0. The van der Waals surface area contributed by atoms with Crippen LogP contribution in [0.2, 0.25) is 0 Å². The molecule has 1 aromatic rings. The van der Waals surface area contributed by atoms with E-state index in [1.807, 2.05) is 12.1 Å². The number of rotatable bonds is 4. The van der Waals surface area contributed by atoms with E-state index in [1.165, 1.54) is 11.3 Å². The van der Waals surface area contributed by atoms with E-state index in [1.54, 1.807) is 0 Å². The van der Waals surface area contributed by atoms with E-state index < -0.39 is 0 Å². The Bertz CT molecular complexity index is 258. The Morgan fingerprint density at radius 1 is 1.38 bits per heavy atom. The van der Waals surface area contributed by atoms with Crippen LogP contribution in [0.25, 0.3) is 0 Å². The summed E-state index contributed by atoms with van der Waals surface area (Å²) in [5.74, 6) is 0. The molecule has 0 radical (unpaired) electrons. The lowest BCUT2D eigenvalue weighted by atomic mass is 10.1. The van der Waals surface area contributed by atoms with E-state index in [9.17, 15) is 0 Å². The number of hydrogen-bond acceptors (Lipinski definition) is 2. The zero-order valence-corrected chi connectivity index (χ0v) is 8.38. The van der Waals surface area contributed by atoms with Gasteiger partial charge in [-0.2, -0.15) is 0 Å². The van der Waals surface area contributed by atoms with Crippen molar-refractivity contribution in [3.05, 3.63) is 29.8 Å². The fraction of sp³-hybridized carbons (Fsp3) is 0.455. The summed E-state index contributed by atoms with van der Waals surface area (Å²) in [6.45, 7) is 4.94. The first kappa shape index (κ1) is 10.1. The molecule has 0 aliphatic rings. The van der Waals surface area contributed by atoms with Crippen LogP contribution in [0.4, 0.5) is 5.69 Å². The zero-order valence-electron chi connectivity index (χ0n) is 8.38. The smallest absolute Gasteiger partial charge is 0.0387 e. The molecular weight excluding hydrogens is 160 g/mol. The van der Waals surface area contributed by atoms with Crippen molar-refractivity contribution in [1.29, 1.82) is 0 Å². The average molecular weight is 178 g/mol. The molecule has 0 saturated carbocycles. The minimum absolute atomic E-state index is 0.507. The molecule has 1 aromatic carbocycles. The average Bonchev–Trinajstić information content (AvgIpc) is 2.18. The van der Waals surface area contributed by atoms with E-state index in [2.05, 4.69) is 31.3 Å². The summed E-state index contributed by atoms with van der Waals surface area (Å²) in [5, 5.41) is 3.43. The number of para-hydroxylation sites is 1. The van der Waals surface area contributed by atoms with Gasteiger partial charge in [-0.25, -0.2) is 0 Å². The van der Waals surface area contributed by atoms with Crippen LogP contribution in [0.15, 0.2) is 24.3 Å². The highest BCUT2D eigenvalue weighted by atomic mass is 14.9. The van der Waals surface area contributed by atoms with Gasteiger partial charge in [0.25, 0.3) is 0 Å². The standard InChI is InChI=1S/C11H18N2/c1-3-9(2)13-11-7-5-4-6-10(11)8-12/h4-7,9,13H,3,8,12H2,1-2H3. The van der Waals surface area contributed by atoms with Crippen molar-refractivity contribution < 1.29 is 0 Å². The second kappa shape index (κ2) is 4.87. The molecular formula is C11H18N2. The summed E-state index contributed by atoms with van der Waals surface area (Å²) in [5.41, 5.74) is 7.98. The van der Waals surface area contributed by atoms with Crippen LogP contribution in [-0.2, 0) is 6.54 Å². The minimum atomic E-state index is 0.507. The van der Waals surface area contributed by atoms with E-state index >= 15 is 0 Å². The quantitative estimate of drug-likeness (QED) is 0.742. The number of hydrogen-bond donors (Lipinski definition) is 2. The highest BCUT2D eigenvalue weighted by Gasteiger charge is 2.01. The summed E-state index contributed by atoms with van der Waals surface area (Å²) in [6, 6.07) is 8.69. The van der Waals surface area contributed by atoms with E-state index in [4.69, 9.17) is 5.73 Å². The van der Waals surface area contributed by atoms with Crippen molar-refractivity contribution >= 4 is 5.69 Å². The van der Waals surface area contributed by atoms with Gasteiger partial charge in [0.2, 0.25) is 0 Å². The van der Waals surface area contributed by atoms with E-state index in [0.717, 1.165) is 6.42 Å². The lowest BCUT2D eigenvalue weighted by molar-refractivity contribution is 0.762. The Kier molecular flexibility index (Phi) is 3.77. The highest BCUT2D eigenvalue weighted by molar-refractivity contribution is 5.51. The largest absolute Gasteiger partial charge is 0.382 e. The lowest BCUT2D eigenvalue weighted by Crippen LogP contribution is -2.15. The number of nitrogens with one attached hydrogen (secondary N) is 1. The summed E-state index contributed by atoms with van der Waals surface area (Å²) < 4.78 is 0. The molecule has 0 aromatic heterocycles. The maximum absolute atomic E-state index is 5.63. The van der Waals surface area contributed by atoms with Crippen molar-refractivity contribution in [2.75, 3.05) is 5.32 Å². The van der Waals surface area contributed by atoms with Gasteiger partial charge in [-0.3, -0.25) is 0 Å². The Morgan fingerprint density at radius 3 is 2.69 bits per heavy atom. The molecule has 1 atom stereocenters. The SMILES string of the molecule is CCC(C)Nc1ccccc1CN. The first-order chi connectivity index (χ1) is 6.27. The van der Waals surface area contributed by atoms with E-state index in [-0.39, 0.29) is 0 Å². The monoisotopic (exact) mass is 178 g/mol. The van der Waals surface area contributed by atoms with Gasteiger partial charge < -0.3 is 11.1 Å². The molecule has 0 fully saturated rings. The van der Waals surface area contributed by atoms with Crippen LogP contribution in [0.5, 0.6) is 0 Å². The second-order valence-corrected chi connectivity index (χ2v) is 3.31. The van der Waals surface area contributed by atoms with Gasteiger partial charge in [0.15, 0.2) is 0 Å². The summed E-state index contributed by atoms with van der Waals surface area (Å²) in [6.07, 6.45) is 1.12. The van der Waals surface area contributed by atoms with Crippen LogP contribution in [-0.4, -0.2) is 6.04 Å². The van der Waals surface area contributed by atoms with Gasteiger partial charge in [0, 0.05) is 18.3 Å². The van der Waals surface area contributed by atoms with Gasteiger partial charge in [-0.1, -0.05) is 25.1 Å². The Labute approximate surface area is 80.1 Å². The summed E-state index contributed by atoms with van der Waals surface area (Å²) >= 11 is 0. The fourth-order valence-corrected chi connectivity index (χ4v) is 1.21. The molecule has 0 heterocycles. The van der Waals surface area contributed by atoms with Crippen molar-refractivity contribution in [2.45, 2.75) is 32.9 Å². The van der Waals surface area contributed by atoms with Gasteiger partial charge in [0.1, 0.15) is 0 Å². The van der Waals surface area contributed by atoms with Gasteiger partial charge in [0.05, 0.1) is 0 Å². The van der Waals surface area contributed by atoms with Crippen LogP contribution in [0.3, 0.4) is 0 Å². The van der Waals surface area contributed by atoms with Gasteiger partial charge in [-0.05, 0) is 25.0 Å². The Morgan fingerprint density at radius 2 is 2.08 bits per heavy atom. The van der Waals surface area contributed by atoms with Gasteiger partial charge >= 0.3 is 0 Å². The molecule has 0 amide bonds. The molecule has 1 unspecified atom stereocenters. The topological polar surface area (TPSA) is 38.0 Å². The maximum atomic E-state index is 5.63. The Balaban J connectivity index is 2.74. The Hall–Kier alpha value is -1.02. The number of nitrogens with two attached hydrogens (primary N) is 1. The minimum Gasteiger partial charge on any atom is -0.382 e. The molecule has 1 rings (SSSR count). The van der Waals surface area contributed by atoms with Crippen LogP contribution >= 0.6 is 0 Å². The third-order valence-electron chi connectivity index (χ3n) is 2.25. The molecule has 0 aliphatic carbocycles. The molecule has 0 bridgehead atoms. The normalized spacial score (nSPS) is 12.5. The van der Waals surface area contributed by atoms with Crippen molar-refractivity contribution in [3.63, 3.8) is 0 Å². The maximum Gasteiger partial charge on any atom is 0.0387 e. The molecule has 0 spiro atoms. The zero-order chi connectivity index (χ0) is 9.68. The first-order valence-electron chi connectivity index (χ1n) is 4.82. The third-order valence-corrected chi connectivity index (χ3v) is 2.25. The first-order valence-corrected chi connectivity index (χ1v) is 4.82. The second-order valence-electron chi connectivity index (χ2n) is 3.31. The molecule has 2 heteroatoms. The molecule has 0 aliphatic heterocycles. The van der Waals surface area contributed by atoms with Gasteiger partial charge in [-0.15, -0.1) is 0 Å². The molecule has 2 nitrogen and oxygen atoms in total. The number of anilines is 1. The fourth-order valence-electron chi connectivity index (χ4n) is 1.21. The van der Waals surface area contributed by atoms with Crippen LogP contribution in [0, 0.1) is 0 Å². The summed E-state index contributed by atoms with van der Waals surface area (Å²) in [7, 11) is 0. The van der Waals surface area contributed by atoms with Crippen molar-refractivity contribution in [2.24, 2.45) is 5.73 Å². The molecule has 13 heavy (non-hydrogen) atoms. The van der Waals surface area contributed by atoms with Crippen LogP contribution < -0.4 is 11.1 Å².